The van der Waals surface area contributed by atoms with Crippen molar-refractivity contribution >= 4 is 23.7 Å². The Labute approximate surface area is 169 Å². The molecule has 0 bridgehead atoms. The number of hydrogen-bond donors (Lipinski definition) is 3. The molecule has 1 fully saturated rings. The first kappa shape index (κ1) is 20.6. The molecule has 9 heteroatoms. The van der Waals surface area contributed by atoms with Crippen molar-refractivity contribution in [3.05, 3.63) is 36.2 Å². The SMILES string of the molecule is CC(C)(C)OC(=O)N1CCC([C@H](C(=O)O)c2cccc(Nc3ccn[nH]3)n2)CC1. The number of hydrogen-bond acceptors (Lipinski definition) is 6. The van der Waals surface area contributed by atoms with E-state index in [0.29, 0.717) is 43.3 Å². The first-order chi connectivity index (χ1) is 13.7. The summed E-state index contributed by atoms with van der Waals surface area (Å²) < 4.78 is 5.41. The fraction of sp³-hybridized carbons (Fsp3) is 0.500. The number of carbonyl (C=O) groups is 2. The molecule has 1 saturated heterocycles. The van der Waals surface area contributed by atoms with Crippen LogP contribution in [0.3, 0.4) is 0 Å². The van der Waals surface area contributed by atoms with E-state index in [9.17, 15) is 14.7 Å². The normalized spacial score (nSPS) is 16.3. The van der Waals surface area contributed by atoms with Crippen LogP contribution in [-0.2, 0) is 9.53 Å². The Balaban J connectivity index is 1.68. The molecule has 0 saturated carbocycles. The smallest absolute Gasteiger partial charge is 0.410 e. The second-order valence-electron chi connectivity index (χ2n) is 8.16. The second kappa shape index (κ2) is 8.50. The number of nitrogens with zero attached hydrogens (tertiary/aromatic N) is 3. The van der Waals surface area contributed by atoms with Crippen LogP contribution in [0.2, 0.25) is 0 Å². The van der Waals surface area contributed by atoms with Gasteiger partial charge in [0.25, 0.3) is 0 Å². The van der Waals surface area contributed by atoms with Gasteiger partial charge in [0, 0.05) is 19.2 Å². The van der Waals surface area contributed by atoms with Crippen LogP contribution in [0.1, 0.15) is 45.2 Å². The van der Waals surface area contributed by atoms with Crippen molar-refractivity contribution in [2.24, 2.45) is 5.92 Å². The van der Waals surface area contributed by atoms with Crippen LogP contribution in [-0.4, -0.2) is 55.9 Å². The molecule has 1 amide bonds. The maximum absolute atomic E-state index is 12.2. The summed E-state index contributed by atoms with van der Waals surface area (Å²) in [5.74, 6) is -0.538. The molecule has 0 radical (unpaired) electrons. The molecule has 0 aliphatic carbocycles. The Hall–Kier alpha value is -3.10. The van der Waals surface area contributed by atoms with E-state index in [-0.39, 0.29) is 12.0 Å². The van der Waals surface area contributed by atoms with Gasteiger partial charge in [-0.15, -0.1) is 0 Å². The summed E-state index contributed by atoms with van der Waals surface area (Å²) in [7, 11) is 0. The summed E-state index contributed by atoms with van der Waals surface area (Å²) in [6.07, 6.45) is 2.42. The molecule has 156 valence electrons. The lowest BCUT2D eigenvalue weighted by Crippen LogP contribution is -2.43. The summed E-state index contributed by atoms with van der Waals surface area (Å²) in [4.78, 5) is 30.4. The lowest BCUT2D eigenvalue weighted by molar-refractivity contribution is -0.140. The van der Waals surface area contributed by atoms with Gasteiger partial charge in [-0.3, -0.25) is 9.89 Å². The molecular formula is C20H27N5O4. The number of anilines is 2. The number of nitrogens with one attached hydrogen (secondary N) is 2. The van der Waals surface area contributed by atoms with Gasteiger partial charge in [-0.25, -0.2) is 9.78 Å². The van der Waals surface area contributed by atoms with Crippen LogP contribution in [0.25, 0.3) is 0 Å². The summed E-state index contributed by atoms with van der Waals surface area (Å²) >= 11 is 0. The van der Waals surface area contributed by atoms with Crippen LogP contribution in [0.4, 0.5) is 16.4 Å². The molecule has 1 atom stereocenters. The van der Waals surface area contributed by atoms with Crippen LogP contribution in [0, 0.1) is 5.92 Å². The van der Waals surface area contributed by atoms with Crippen molar-refractivity contribution in [2.45, 2.75) is 45.1 Å². The first-order valence-corrected chi connectivity index (χ1v) is 9.67. The maximum Gasteiger partial charge on any atom is 0.410 e. The van der Waals surface area contributed by atoms with E-state index in [1.165, 1.54) is 0 Å². The number of rotatable bonds is 5. The van der Waals surface area contributed by atoms with Crippen molar-refractivity contribution in [1.82, 2.24) is 20.1 Å². The molecule has 9 nitrogen and oxygen atoms in total. The van der Waals surface area contributed by atoms with Crippen molar-refractivity contribution in [3.8, 4) is 0 Å². The molecule has 3 rings (SSSR count). The minimum absolute atomic E-state index is 0.110. The van der Waals surface area contributed by atoms with Crippen molar-refractivity contribution in [3.63, 3.8) is 0 Å². The maximum atomic E-state index is 12.2. The largest absolute Gasteiger partial charge is 0.481 e. The Morgan fingerprint density at radius 1 is 1.28 bits per heavy atom. The fourth-order valence-electron chi connectivity index (χ4n) is 3.47. The number of H-pyrrole nitrogens is 1. The van der Waals surface area contributed by atoms with Crippen LogP contribution < -0.4 is 5.32 Å². The monoisotopic (exact) mass is 401 g/mol. The molecule has 2 aromatic heterocycles. The molecular weight excluding hydrogens is 374 g/mol. The Morgan fingerprint density at radius 2 is 2.00 bits per heavy atom. The molecule has 0 aromatic carbocycles. The number of aromatic amines is 1. The average molecular weight is 401 g/mol. The second-order valence-corrected chi connectivity index (χ2v) is 8.16. The quantitative estimate of drug-likeness (QED) is 0.702. The number of aromatic nitrogens is 3. The van der Waals surface area contributed by atoms with E-state index >= 15 is 0 Å². The third-order valence-corrected chi connectivity index (χ3v) is 4.78. The number of aliphatic carboxylic acids is 1. The highest BCUT2D eigenvalue weighted by atomic mass is 16.6. The van der Waals surface area contributed by atoms with Crippen LogP contribution in [0.15, 0.2) is 30.5 Å². The van der Waals surface area contributed by atoms with Gasteiger partial charge in [0.2, 0.25) is 0 Å². The molecule has 1 aliphatic heterocycles. The fourth-order valence-corrected chi connectivity index (χ4v) is 3.47. The minimum atomic E-state index is -0.910. The molecule has 3 N–H and O–H groups in total. The Kier molecular flexibility index (Phi) is 6.05. The highest BCUT2D eigenvalue weighted by Gasteiger charge is 2.35. The highest BCUT2D eigenvalue weighted by molar-refractivity contribution is 5.76. The predicted octanol–water partition coefficient (Wildman–Crippen LogP) is 3.36. The van der Waals surface area contributed by atoms with Gasteiger partial charge in [0.05, 0.1) is 11.9 Å². The number of piperidine rings is 1. The topological polar surface area (TPSA) is 120 Å². The van der Waals surface area contributed by atoms with E-state index in [4.69, 9.17) is 4.74 Å². The van der Waals surface area contributed by atoms with Gasteiger partial charge in [0.1, 0.15) is 23.2 Å². The molecule has 3 heterocycles. The zero-order valence-corrected chi connectivity index (χ0v) is 16.9. The summed E-state index contributed by atoms with van der Waals surface area (Å²) in [5, 5.41) is 19.6. The van der Waals surface area contributed by atoms with E-state index in [2.05, 4.69) is 20.5 Å². The van der Waals surface area contributed by atoms with Crippen molar-refractivity contribution in [1.29, 1.82) is 0 Å². The number of ether oxygens (including phenoxy) is 1. The molecule has 2 aromatic rings. The zero-order chi connectivity index (χ0) is 21.0. The van der Waals surface area contributed by atoms with Crippen molar-refractivity contribution in [2.75, 3.05) is 18.4 Å². The zero-order valence-electron chi connectivity index (χ0n) is 16.9. The van der Waals surface area contributed by atoms with Crippen LogP contribution in [0.5, 0.6) is 0 Å². The van der Waals surface area contributed by atoms with Gasteiger partial charge in [-0.1, -0.05) is 6.07 Å². The lowest BCUT2D eigenvalue weighted by Gasteiger charge is -2.35. The highest BCUT2D eigenvalue weighted by Crippen LogP contribution is 2.33. The van der Waals surface area contributed by atoms with Gasteiger partial charge in [-0.2, -0.15) is 5.10 Å². The Bertz CT molecular complexity index is 839. The number of likely N-dealkylation sites (tertiary alicyclic amines) is 1. The van der Waals surface area contributed by atoms with E-state index < -0.39 is 17.5 Å². The summed E-state index contributed by atoms with van der Waals surface area (Å²) in [5.41, 5.74) is -0.0541. The minimum Gasteiger partial charge on any atom is -0.481 e. The molecule has 29 heavy (non-hydrogen) atoms. The molecule has 1 aliphatic rings. The van der Waals surface area contributed by atoms with Gasteiger partial charge >= 0.3 is 12.1 Å². The molecule has 0 unspecified atom stereocenters. The number of amides is 1. The predicted molar refractivity (Wildman–Crippen MR) is 107 cm³/mol. The van der Waals surface area contributed by atoms with E-state index in [0.717, 1.165) is 0 Å². The lowest BCUT2D eigenvalue weighted by atomic mass is 9.82. The van der Waals surface area contributed by atoms with Gasteiger partial charge in [-0.05, 0) is 51.7 Å². The van der Waals surface area contributed by atoms with Crippen molar-refractivity contribution < 1.29 is 19.4 Å². The number of carbonyl (C=O) groups excluding carboxylic acids is 1. The first-order valence-electron chi connectivity index (χ1n) is 9.67. The van der Waals surface area contributed by atoms with E-state index in [1.54, 1.807) is 35.4 Å². The average Bonchev–Trinajstić information content (AvgIpc) is 3.14. The number of carboxylic acids is 1. The summed E-state index contributed by atoms with van der Waals surface area (Å²) in [6, 6.07) is 7.05. The number of pyridine rings is 1. The third-order valence-electron chi connectivity index (χ3n) is 4.78. The number of carboxylic acid groups (broad SMARTS) is 1. The van der Waals surface area contributed by atoms with Gasteiger partial charge in [0.15, 0.2) is 0 Å². The van der Waals surface area contributed by atoms with Crippen LogP contribution >= 0.6 is 0 Å². The molecule has 0 spiro atoms. The third kappa shape index (κ3) is 5.46. The standard InChI is InChI=1S/C20H27N5O4/c1-20(2,3)29-19(28)25-11-8-13(9-12-25)17(18(26)27)14-5-4-6-15(22-14)23-16-7-10-21-24-16/h4-7,10,13,17H,8-9,11-12H2,1-3H3,(H,26,27)(H2,21,22,23,24)/t17-/m0/s1. The Morgan fingerprint density at radius 3 is 2.59 bits per heavy atom. The summed E-state index contributed by atoms with van der Waals surface area (Å²) in [6.45, 7) is 6.42. The van der Waals surface area contributed by atoms with Gasteiger partial charge < -0.3 is 20.1 Å². The van der Waals surface area contributed by atoms with E-state index in [1.807, 2.05) is 20.8 Å².